The highest BCUT2D eigenvalue weighted by Gasteiger charge is 2.14. The van der Waals surface area contributed by atoms with Gasteiger partial charge < -0.3 is 4.90 Å². The smallest absolute Gasteiger partial charge is 0.185 e. The Labute approximate surface area is 93.3 Å². The molecule has 2 heterocycles. The number of rotatable bonds is 2. The van der Waals surface area contributed by atoms with Crippen LogP contribution < -0.4 is 4.90 Å². The van der Waals surface area contributed by atoms with Gasteiger partial charge in [-0.1, -0.05) is 0 Å². The minimum Gasteiger partial charge on any atom is -0.348 e. The molecule has 0 unspecified atom stereocenters. The van der Waals surface area contributed by atoms with Gasteiger partial charge in [-0.25, -0.2) is 4.98 Å². The summed E-state index contributed by atoms with van der Waals surface area (Å²) >= 11 is 7.37. The van der Waals surface area contributed by atoms with Crippen molar-refractivity contribution in [3.8, 4) is 0 Å². The minimum absolute atomic E-state index is 0. The van der Waals surface area contributed by atoms with E-state index in [0.29, 0.717) is 5.88 Å². The normalized spacial score (nSPS) is 15.9. The summed E-state index contributed by atoms with van der Waals surface area (Å²) < 4.78 is 0. The molecular weight excluding hydrogens is 227 g/mol. The Hall–Kier alpha value is 0.01000. The maximum absolute atomic E-state index is 5.67. The molecule has 5 heteroatoms. The molecule has 0 atom stereocenters. The number of halogens is 2. The second-order valence-corrected chi connectivity index (χ2v) is 4.05. The van der Waals surface area contributed by atoms with Crippen LogP contribution in [0, 0.1) is 0 Å². The van der Waals surface area contributed by atoms with Crippen LogP contribution in [0.5, 0.6) is 0 Å². The second kappa shape index (κ2) is 5.03. The van der Waals surface area contributed by atoms with Gasteiger partial charge in [0, 0.05) is 18.5 Å². The van der Waals surface area contributed by atoms with Crippen LogP contribution in [0.3, 0.4) is 0 Å². The maximum atomic E-state index is 5.67. The monoisotopic (exact) mass is 238 g/mol. The molecule has 1 aliphatic rings. The molecule has 2 nitrogen and oxygen atoms in total. The molecule has 13 heavy (non-hydrogen) atoms. The molecule has 1 fully saturated rings. The van der Waals surface area contributed by atoms with Crippen LogP contribution >= 0.6 is 35.3 Å². The van der Waals surface area contributed by atoms with Crippen molar-refractivity contribution in [3.05, 3.63) is 11.1 Å². The van der Waals surface area contributed by atoms with Crippen molar-refractivity contribution in [1.82, 2.24) is 4.98 Å². The first-order valence-electron chi connectivity index (χ1n) is 4.15. The van der Waals surface area contributed by atoms with Crippen molar-refractivity contribution in [1.29, 1.82) is 0 Å². The standard InChI is InChI=1S/C8H11ClN2S.ClH/c9-5-7-6-12-8(10-7)11-3-1-2-4-11;/h6H,1-5H2;1H. The number of nitrogens with zero attached hydrogens (tertiary/aromatic N) is 2. The molecule has 1 aliphatic heterocycles. The zero-order valence-electron chi connectivity index (χ0n) is 7.20. The highest BCUT2D eigenvalue weighted by molar-refractivity contribution is 7.13. The first-order valence-corrected chi connectivity index (χ1v) is 5.57. The maximum Gasteiger partial charge on any atom is 0.185 e. The molecule has 0 radical (unpaired) electrons. The van der Waals surface area contributed by atoms with Crippen LogP contribution in [0.2, 0.25) is 0 Å². The SMILES string of the molecule is Cl.ClCc1csc(N2CCCC2)n1. The number of thiazole rings is 1. The van der Waals surface area contributed by atoms with Gasteiger partial charge in [0.15, 0.2) is 5.13 Å². The van der Waals surface area contributed by atoms with Crippen LogP contribution in [0.25, 0.3) is 0 Å². The van der Waals surface area contributed by atoms with Crippen molar-refractivity contribution in [2.24, 2.45) is 0 Å². The molecule has 2 rings (SSSR count). The molecule has 1 saturated heterocycles. The summed E-state index contributed by atoms with van der Waals surface area (Å²) in [4.78, 5) is 6.76. The van der Waals surface area contributed by atoms with E-state index in [-0.39, 0.29) is 12.4 Å². The lowest BCUT2D eigenvalue weighted by atomic mass is 10.4. The largest absolute Gasteiger partial charge is 0.348 e. The average Bonchev–Trinajstić information content (AvgIpc) is 2.75. The van der Waals surface area contributed by atoms with E-state index in [1.165, 1.54) is 12.8 Å². The predicted octanol–water partition coefficient (Wildman–Crippen LogP) is 2.90. The Kier molecular flexibility index (Phi) is 4.29. The first-order chi connectivity index (χ1) is 5.90. The van der Waals surface area contributed by atoms with Crippen molar-refractivity contribution in [3.63, 3.8) is 0 Å². The van der Waals surface area contributed by atoms with Crippen LogP contribution in [0.1, 0.15) is 18.5 Å². The van der Waals surface area contributed by atoms with Gasteiger partial charge in [-0.15, -0.1) is 35.3 Å². The number of hydrogen-bond acceptors (Lipinski definition) is 3. The molecule has 1 aromatic rings. The van der Waals surface area contributed by atoms with E-state index in [4.69, 9.17) is 11.6 Å². The van der Waals surface area contributed by atoms with E-state index in [1.807, 2.05) is 5.38 Å². The van der Waals surface area contributed by atoms with Crippen molar-refractivity contribution >= 4 is 40.5 Å². The molecule has 0 N–H and O–H groups in total. The zero-order valence-corrected chi connectivity index (χ0v) is 9.59. The van der Waals surface area contributed by atoms with Crippen LogP contribution in [-0.2, 0) is 5.88 Å². The highest BCUT2D eigenvalue weighted by Crippen LogP contribution is 2.24. The van der Waals surface area contributed by atoms with E-state index < -0.39 is 0 Å². The summed E-state index contributed by atoms with van der Waals surface area (Å²) in [7, 11) is 0. The quantitative estimate of drug-likeness (QED) is 0.737. The molecule has 0 bridgehead atoms. The zero-order chi connectivity index (χ0) is 8.39. The fourth-order valence-corrected chi connectivity index (χ4v) is 2.52. The molecule has 0 amide bonds. The molecule has 0 spiro atoms. The van der Waals surface area contributed by atoms with Crippen LogP contribution in [-0.4, -0.2) is 18.1 Å². The fourth-order valence-electron chi connectivity index (χ4n) is 1.41. The topological polar surface area (TPSA) is 16.1 Å². The molecule has 0 aliphatic carbocycles. The lowest BCUT2D eigenvalue weighted by molar-refractivity contribution is 0.949. The van der Waals surface area contributed by atoms with Gasteiger partial charge in [0.1, 0.15) is 0 Å². The fraction of sp³-hybridized carbons (Fsp3) is 0.625. The van der Waals surface area contributed by atoms with Gasteiger partial charge in [-0.2, -0.15) is 0 Å². The number of anilines is 1. The van der Waals surface area contributed by atoms with E-state index in [9.17, 15) is 0 Å². The Morgan fingerprint density at radius 3 is 2.69 bits per heavy atom. The van der Waals surface area contributed by atoms with Crippen molar-refractivity contribution in [2.45, 2.75) is 18.7 Å². The molecular formula is C8H12Cl2N2S. The summed E-state index contributed by atoms with van der Waals surface area (Å²) in [6.07, 6.45) is 2.60. The highest BCUT2D eigenvalue weighted by atomic mass is 35.5. The average molecular weight is 239 g/mol. The third-order valence-corrected chi connectivity index (χ3v) is 3.28. The lowest BCUT2D eigenvalue weighted by Gasteiger charge is -2.11. The van der Waals surface area contributed by atoms with Crippen molar-refractivity contribution in [2.75, 3.05) is 18.0 Å². The Morgan fingerprint density at radius 2 is 2.15 bits per heavy atom. The van der Waals surface area contributed by atoms with Gasteiger partial charge in [-0.05, 0) is 12.8 Å². The summed E-state index contributed by atoms with van der Waals surface area (Å²) in [6, 6.07) is 0. The summed E-state index contributed by atoms with van der Waals surface area (Å²) in [5.74, 6) is 0.532. The third kappa shape index (κ3) is 2.48. The number of aromatic nitrogens is 1. The number of hydrogen-bond donors (Lipinski definition) is 0. The Morgan fingerprint density at radius 1 is 1.46 bits per heavy atom. The van der Waals surface area contributed by atoms with E-state index in [2.05, 4.69) is 9.88 Å². The van der Waals surface area contributed by atoms with E-state index >= 15 is 0 Å². The van der Waals surface area contributed by atoms with Gasteiger partial charge in [0.05, 0.1) is 11.6 Å². The molecule has 0 aromatic carbocycles. The van der Waals surface area contributed by atoms with Gasteiger partial charge >= 0.3 is 0 Å². The molecule has 0 saturated carbocycles. The van der Waals surface area contributed by atoms with Gasteiger partial charge in [0.25, 0.3) is 0 Å². The third-order valence-electron chi connectivity index (χ3n) is 2.05. The first kappa shape index (κ1) is 11.1. The summed E-state index contributed by atoms with van der Waals surface area (Å²) in [6.45, 7) is 2.32. The Balaban J connectivity index is 0.000000845. The van der Waals surface area contributed by atoms with Gasteiger partial charge in [0.2, 0.25) is 0 Å². The van der Waals surface area contributed by atoms with Crippen LogP contribution in [0.4, 0.5) is 5.13 Å². The van der Waals surface area contributed by atoms with Gasteiger partial charge in [-0.3, -0.25) is 0 Å². The summed E-state index contributed by atoms with van der Waals surface area (Å²) in [5.41, 5.74) is 1.00. The van der Waals surface area contributed by atoms with E-state index in [1.54, 1.807) is 11.3 Å². The van der Waals surface area contributed by atoms with Crippen LogP contribution in [0.15, 0.2) is 5.38 Å². The molecule has 74 valence electrons. The lowest BCUT2D eigenvalue weighted by Crippen LogP contribution is -2.17. The van der Waals surface area contributed by atoms with E-state index in [0.717, 1.165) is 23.9 Å². The molecule has 1 aromatic heterocycles. The predicted molar refractivity (Wildman–Crippen MR) is 60.4 cm³/mol. The Bertz CT molecular complexity index is 258. The second-order valence-electron chi connectivity index (χ2n) is 2.95. The van der Waals surface area contributed by atoms with Crippen molar-refractivity contribution < 1.29 is 0 Å². The summed E-state index contributed by atoms with van der Waals surface area (Å²) in [5, 5.41) is 3.18. The minimum atomic E-state index is 0. The number of alkyl halides is 1.